The largest absolute Gasteiger partial charge is 0.497 e. The molecule has 0 aliphatic carbocycles. The minimum atomic E-state index is -1.11. The van der Waals surface area contributed by atoms with Crippen LogP contribution in [0.4, 0.5) is 0 Å². The molecule has 0 radical (unpaired) electrons. The van der Waals surface area contributed by atoms with Gasteiger partial charge in [0.2, 0.25) is 0 Å². The number of hydrogen-bond donors (Lipinski definition) is 0. The molecule has 1 fully saturated rings. The molecule has 328 valence electrons. The minimum Gasteiger partial charge on any atom is -0.497 e. The van der Waals surface area contributed by atoms with E-state index in [4.69, 9.17) is 42.3 Å². The molecule has 0 unspecified atom stereocenters. The van der Waals surface area contributed by atoms with Crippen LogP contribution in [0.15, 0.2) is 162 Å². The number of ketones is 1. The Labute approximate surface area is 372 Å². The highest BCUT2D eigenvalue weighted by Crippen LogP contribution is 2.50. The SMILES string of the molecule is COc1ccc(C(=O)Oc2c(C(C)=O)c(OC)c3ccoc3c2[C@@H]2O[C@H](COCc3ccccc3)[C@@H](OCc3ccccc3)[C@H](OCc3ccccc3)[C@H]2OCc2ccccc2)cc1. The van der Waals surface area contributed by atoms with E-state index in [0.29, 0.717) is 17.7 Å². The van der Waals surface area contributed by atoms with E-state index in [1.54, 1.807) is 30.3 Å². The monoisotopic (exact) mass is 862 g/mol. The Bertz CT molecular complexity index is 2580. The summed E-state index contributed by atoms with van der Waals surface area (Å²) in [4.78, 5) is 28.2. The quantitative estimate of drug-likeness (QED) is 0.0439. The molecule has 6 aromatic carbocycles. The summed E-state index contributed by atoms with van der Waals surface area (Å²) in [7, 11) is 2.99. The van der Waals surface area contributed by atoms with Gasteiger partial charge in [0.1, 0.15) is 53.2 Å². The van der Waals surface area contributed by atoms with Gasteiger partial charge in [-0.2, -0.15) is 0 Å². The van der Waals surface area contributed by atoms with Gasteiger partial charge in [0.25, 0.3) is 0 Å². The molecule has 2 heterocycles. The highest BCUT2D eigenvalue weighted by atomic mass is 16.6. The third-order valence-corrected chi connectivity index (χ3v) is 11.1. The van der Waals surface area contributed by atoms with Gasteiger partial charge in [-0.15, -0.1) is 0 Å². The van der Waals surface area contributed by atoms with Gasteiger partial charge in [-0.25, -0.2) is 4.79 Å². The first-order valence-electron chi connectivity index (χ1n) is 21.1. The molecule has 11 nitrogen and oxygen atoms in total. The molecule has 1 aliphatic rings. The first-order valence-corrected chi connectivity index (χ1v) is 21.1. The normalized spacial score (nSPS) is 18.4. The van der Waals surface area contributed by atoms with Crippen LogP contribution in [-0.4, -0.2) is 57.0 Å². The van der Waals surface area contributed by atoms with Crippen molar-refractivity contribution < 1.29 is 51.9 Å². The van der Waals surface area contributed by atoms with E-state index in [-0.39, 0.29) is 60.2 Å². The van der Waals surface area contributed by atoms with Crippen molar-refractivity contribution in [2.45, 2.75) is 63.9 Å². The molecule has 5 atom stereocenters. The Balaban J connectivity index is 1.30. The second-order valence-corrected chi connectivity index (χ2v) is 15.4. The highest BCUT2D eigenvalue weighted by Gasteiger charge is 2.51. The van der Waals surface area contributed by atoms with E-state index in [1.807, 2.05) is 121 Å². The second-order valence-electron chi connectivity index (χ2n) is 15.4. The third-order valence-electron chi connectivity index (χ3n) is 11.1. The van der Waals surface area contributed by atoms with Crippen LogP contribution in [0.2, 0.25) is 0 Å². The summed E-state index contributed by atoms with van der Waals surface area (Å²) in [5.74, 6) is -0.514. The number of carbonyl (C=O) groups excluding carboxylic acids is 2. The molecule has 0 amide bonds. The molecule has 0 saturated carbocycles. The lowest BCUT2D eigenvalue weighted by Gasteiger charge is -2.46. The molecule has 0 N–H and O–H groups in total. The topological polar surface area (TPSA) is 121 Å². The summed E-state index contributed by atoms with van der Waals surface area (Å²) in [6.07, 6.45) is -2.98. The lowest BCUT2D eigenvalue weighted by molar-refractivity contribution is -0.275. The van der Waals surface area contributed by atoms with E-state index in [9.17, 15) is 9.59 Å². The number of esters is 1. The Morgan fingerprint density at radius 2 is 1.08 bits per heavy atom. The number of methoxy groups -OCH3 is 2. The smallest absolute Gasteiger partial charge is 0.343 e. The molecule has 7 aromatic rings. The fourth-order valence-electron chi connectivity index (χ4n) is 7.97. The first-order chi connectivity index (χ1) is 31.4. The lowest BCUT2D eigenvalue weighted by Crippen LogP contribution is -2.58. The van der Waals surface area contributed by atoms with Crippen LogP contribution in [0.5, 0.6) is 17.2 Å². The number of hydrogen-bond acceptors (Lipinski definition) is 11. The second kappa shape index (κ2) is 21.2. The number of furan rings is 1. The summed E-state index contributed by atoms with van der Waals surface area (Å²) < 4.78 is 58.5. The van der Waals surface area contributed by atoms with Gasteiger partial charge >= 0.3 is 5.97 Å². The van der Waals surface area contributed by atoms with E-state index in [2.05, 4.69) is 0 Å². The van der Waals surface area contributed by atoms with Crippen molar-refractivity contribution in [2.75, 3.05) is 20.8 Å². The zero-order chi connectivity index (χ0) is 44.3. The molecule has 1 aliphatic heterocycles. The minimum absolute atomic E-state index is 0.0275. The number of fused-ring (bicyclic) bond motifs is 1. The van der Waals surface area contributed by atoms with Gasteiger partial charge in [-0.05, 0) is 59.5 Å². The maximum Gasteiger partial charge on any atom is 0.343 e. The number of carbonyl (C=O) groups is 2. The van der Waals surface area contributed by atoms with Crippen LogP contribution < -0.4 is 14.2 Å². The maximum atomic E-state index is 14.2. The summed E-state index contributed by atoms with van der Waals surface area (Å²) in [6, 6.07) is 47.5. The molecular formula is C53H50O11. The van der Waals surface area contributed by atoms with Crippen LogP contribution in [0.25, 0.3) is 11.0 Å². The predicted molar refractivity (Wildman–Crippen MR) is 239 cm³/mol. The highest BCUT2D eigenvalue weighted by molar-refractivity contribution is 6.08. The summed E-state index contributed by atoms with van der Waals surface area (Å²) in [6.45, 7) is 2.33. The van der Waals surface area contributed by atoms with Crippen molar-refractivity contribution in [3.8, 4) is 17.2 Å². The third kappa shape index (κ3) is 10.3. The average molecular weight is 863 g/mol. The van der Waals surface area contributed by atoms with Crippen LogP contribution >= 0.6 is 0 Å². The molecule has 64 heavy (non-hydrogen) atoms. The fourth-order valence-corrected chi connectivity index (χ4v) is 7.97. The van der Waals surface area contributed by atoms with E-state index in [1.165, 1.54) is 27.4 Å². The van der Waals surface area contributed by atoms with Gasteiger partial charge in [0.05, 0.1) is 70.0 Å². The van der Waals surface area contributed by atoms with Crippen molar-refractivity contribution in [2.24, 2.45) is 0 Å². The first kappa shape index (κ1) is 44.0. The molecular weight excluding hydrogens is 813 g/mol. The molecule has 0 spiro atoms. The van der Waals surface area contributed by atoms with Gasteiger partial charge < -0.3 is 42.3 Å². The summed E-state index contributed by atoms with van der Waals surface area (Å²) in [5.41, 5.74) is 4.52. The standard InChI is InChI=1S/C53H50O11/c1-35(54)44-46(57-3)42-28-29-59-47(42)45(49(44)64-53(55)40-24-26-41(56-2)27-25-40)50-52(62-33-39-22-14-7-15-23-39)51(61-32-38-20-12-6-13-21-38)48(60-31-37-18-10-5-11-19-37)43(63-50)34-58-30-36-16-8-4-9-17-36/h4-29,43,48,50-52H,30-34H2,1-3H3/t43-,48-,50+,51+,52+/m1/s1. The lowest BCUT2D eigenvalue weighted by atomic mass is 9.87. The Morgan fingerprint density at radius 1 is 0.562 bits per heavy atom. The zero-order valence-corrected chi connectivity index (χ0v) is 35.9. The van der Waals surface area contributed by atoms with Gasteiger partial charge in [-0.1, -0.05) is 121 Å². The van der Waals surface area contributed by atoms with Crippen molar-refractivity contribution in [3.63, 3.8) is 0 Å². The number of Topliss-reactive ketones (excluding diaryl/α,β-unsaturated/α-hetero) is 1. The van der Waals surface area contributed by atoms with Crippen molar-refractivity contribution in [1.29, 1.82) is 0 Å². The van der Waals surface area contributed by atoms with Gasteiger partial charge in [0.15, 0.2) is 11.5 Å². The van der Waals surface area contributed by atoms with Crippen molar-refractivity contribution >= 4 is 22.7 Å². The Hall–Kier alpha value is -6.60. The fraction of sp³-hybridized carbons (Fsp3) is 0.245. The van der Waals surface area contributed by atoms with Crippen LogP contribution in [0.3, 0.4) is 0 Å². The number of benzene rings is 6. The van der Waals surface area contributed by atoms with E-state index in [0.717, 1.165) is 22.3 Å². The van der Waals surface area contributed by atoms with Crippen molar-refractivity contribution in [3.05, 3.63) is 197 Å². The van der Waals surface area contributed by atoms with Crippen LogP contribution in [0, 0.1) is 0 Å². The van der Waals surface area contributed by atoms with Crippen LogP contribution in [-0.2, 0) is 50.1 Å². The Morgan fingerprint density at radius 3 is 1.59 bits per heavy atom. The summed E-state index contributed by atoms with van der Waals surface area (Å²) in [5, 5.41) is 0.471. The maximum absolute atomic E-state index is 14.2. The zero-order valence-electron chi connectivity index (χ0n) is 35.9. The molecule has 11 heteroatoms. The molecule has 1 saturated heterocycles. The molecule has 8 rings (SSSR count). The van der Waals surface area contributed by atoms with Gasteiger partial charge in [0, 0.05) is 0 Å². The molecule has 0 bridgehead atoms. The van der Waals surface area contributed by atoms with Crippen LogP contribution in [0.1, 0.15) is 61.6 Å². The number of ether oxygens (including phenoxy) is 8. The average Bonchev–Trinajstić information content (AvgIpc) is 3.83. The Kier molecular flexibility index (Phi) is 14.6. The van der Waals surface area contributed by atoms with Crippen molar-refractivity contribution in [1.82, 2.24) is 0 Å². The van der Waals surface area contributed by atoms with E-state index < -0.39 is 42.3 Å². The summed E-state index contributed by atoms with van der Waals surface area (Å²) >= 11 is 0. The predicted octanol–water partition coefficient (Wildman–Crippen LogP) is 10.3. The van der Waals surface area contributed by atoms with E-state index >= 15 is 0 Å². The van der Waals surface area contributed by atoms with Gasteiger partial charge in [-0.3, -0.25) is 4.79 Å². The number of rotatable bonds is 19. The molecule has 1 aromatic heterocycles.